The first-order chi connectivity index (χ1) is 7.77. The monoisotopic (exact) mass is 232 g/mol. The largest absolute Gasteiger partial charge is 0.380 e. The Morgan fingerprint density at radius 1 is 1.25 bits per heavy atom. The van der Waals surface area contributed by atoms with E-state index in [1.54, 1.807) is 0 Å². The van der Waals surface area contributed by atoms with Crippen molar-refractivity contribution in [2.75, 3.05) is 5.32 Å². The van der Waals surface area contributed by atoms with E-state index in [0.29, 0.717) is 11.4 Å². The van der Waals surface area contributed by atoms with Crippen LogP contribution in [0.3, 0.4) is 0 Å². The minimum absolute atomic E-state index is 0.384. The topological polar surface area (TPSA) is 55.1 Å². The SMILES string of the molecule is NC(=O)c1sccc1NCc1ccccc1. The number of nitrogens with two attached hydrogens (primary N) is 1. The Morgan fingerprint density at radius 3 is 2.69 bits per heavy atom. The number of anilines is 1. The Balaban J connectivity index is 2.05. The van der Waals surface area contributed by atoms with E-state index in [4.69, 9.17) is 5.73 Å². The molecule has 0 aliphatic rings. The van der Waals surface area contributed by atoms with Crippen LogP contribution < -0.4 is 11.1 Å². The van der Waals surface area contributed by atoms with Crippen molar-refractivity contribution in [3.8, 4) is 0 Å². The zero-order valence-electron chi connectivity index (χ0n) is 8.64. The normalized spacial score (nSPS) is 10.0. The third-order valence-electron chi connectivity index (χ3n) is 2.21. The van der Waals surface area contributed by atoms with Crippen molar-refractivity contribution in [3.63, 3.8) is 0 Å². The lowest BCUT2D eigenvalue weighted by Crippen LogP contribution is -2.11. The van der Waals surface area contributed by atoms with E-state index >= 15 is 0 Å². The molecule has 0 unspecified atom stereocenters. The number of primary amides is 1. The fourth-order valence-electron chi connectivity index (χ4n) is 1.43. The van der Waals surface area contributed by atoms with Gasteiger partial charge in [-0.25, -0.2) is 0 Å². The van der Waals surface area contributed by atoms with Crippen LogP contribution in [-0.2, 0) is 6.54 Å². The third-order valence-corrected chi connectivity index (χ3v) is 3.14. The number of benzene rings is 1. The molecule has 0 saturated carbocycles. The van der Waals surface area contributed by atoms with E-state index in [0.717, 1.165) is 5.69 Å². The summed E-state index contributed by atoms with van der Waals surface area (Å²) in [4.78, 5) is 11.7. The van der Waals surface area contributed by atoms with Crippen LogP contribution in [0.15, 0.2) is 41.8 Å². The maximum atomic E-state index is 11.1. The molecule has 82 valence electrons. The zero-order chi connectivity index (χ0) is 11.4. The zero-order valence-corrected chi connectivity index (χ0v) is 9.46. The Labute approximate surface area is 97.9 Å². The number of amides is 1. The highest BCUT2D eigenvalue weighted by atomic mass is 32.1. The van der Waals surface area contributed by atoms with E-state index < -0.39 is 0 Å². The first kappa shape index (κ1) is 10.7. The molecule has 0 saturated heterocycles. The van der Waals surface area contributed by atoms with E-state index in [1.165, 1.54) is 16.9 Å². The maximum absolute atomic E-state index is 11.1. The first-order valence-electron chi connectivity index (χ1n) is 4.92. The van der Waals surface area contributed by atoms with Crippen LogP contribution in [0.25, 0.3) is 0 Å². The van der Waals surface area contributed by atoms with Crippen molar-refractivity contribution in [2.24, 2.45) is 5.73 Å². The van der Waals surface area contributed by atoms with Gasteiger partial charge in [0.05, 0.1) is 5.69 Å². The number of hydrogen-bond donors (Lipinski definition) is 2. The van der Waals surface area contributed by atoms with Crippen molar-refractivity contribution in [3.05, 3.63) is 52.2 Å². The highest BCUT2D eigenvalue weighted by Crippen LogP contribution is 2.22. The summed E-state index contributed by atoms with van der Waals surface area (Å²) in [6, 6.07) is 11.9. The highest BCUT2D eigenvalue weighted by molar-refractivity contribution is 7.12. The number of nitrogens with one attached hydrogen (secondary N) is 1. The molecule has 3 nitrogen and oxygen atoms in total. The molecule has 0 spiro atoms. The third kappa shape index (κ3) is 2.41. The van der Waals surface area contributed by atoms with Crippen LogP contribution in [0.2, 0.25) is 0 Å². The summed E-state index contributed by atoms with van der Waals surface area (Å²) >= 11 is 1.36. The predicted octanol–water partition coefficient (Wildman–Crippen LogP) is 2.46. The summed E-state index contributed by atoms with van der Waals surface area (Å²) < 4.78 is 0. The number of thiophene rings is 1. The van der Waals surface area contributed by atoms with Gasteiger partial charge in [-0.05, 0) is 17.0 Å². The molecule has 1 aromatic heterocycles. The predicted molar refractivity (Wildman–Crippen MR) is 66.6 cm³/mol. The minimum atomic E-state index is -0.384. The Hall–Kier alpha value is -1.81. The quantitative estimate of drug-likeness (QED) is 0.850. The lowest BCUT2D eigenvalue weighted by molar-refractivity contribution is 0.100. The van der Waals surface area contributed by atoms with Crippen LogP contribution in [0.1, 0.15) is 15.2 Å². The van der Waals surface area contributed by atoms with E-state index in [2.05, 4.69) is 5.32 Å². The van der Waals surface area contributed by atoms with Crippen molar-refractivity contribution >= 4 is 22.9 Å². The van der Waals surface area contributed by atoms with Crippen LogP contribution in [-0.4, -0.2) is 5.91 Å². The van der Waals surface area contributed by atoms with E-state index in [1.807, 2.05) is 41.8 Å². The molecule has 1 aromatic carbocycles. The fourth-order valence-corrected chi connectivity index (χ4v) is 2.16. The van der Waals surface area contributed by atoms with Crippen molar-refractivity contribution < 1.29 is 4.79 Å². The van der Waals surface area contributed by atoms with Crippen LogP contribution in [0, 0.1) is 0 Å². The number of carbonyl (C=O) groups excluding carboxylic acids is 1. The minimum Gasteiger partial charge on any atom is -0.380 e. The average molecular weight is 232 g/mol. The van der Waals surface area contributed by atoms with Gasteiger partial charge in [-0.3, -0.25) is 4.79 Å². The van der Waals surface area contributed by atoms with Gasteiger partial charge in [-0.1, -0.05) is 30.3 Å². The summed E-state index contributed by atoms with van der Waals surface area (Å²) in [5, 5.41) is 5.06. The second-order valence-electron chi connectivity index (χ2n) is 3.37. The Bertz CT molecular complexity index is 479. The average Bonchev–Trinajstić information content (AvgIpc) is 2.76. The van der Waals surface area contributed by atoms with Crippen molar-refractivity contribution in [1.29, 1.82) is 0 Å². The fraction of sp³-hybridized carbons (Fsp3) is 0.0833. The van der Waals surface area contributed by atoms with E-state index in [-0.39, 0.29) is 5.91 Å². The van der Waals surface area contributed by atoms with Crippen molar-refractivity contribution in [2.45, 2.75) is 6.54 Å². The molecule has 1 heterocycles. The summed E-state index contributed by atoms with van der Waals surface area (Å²) in [6.07, 6.45) is 0. The molecular weight excluding hydrogens is 220 g/mol. The molecule has 1 amide bonds. The number of hydrogen-bond acceptors (Lipinski definition) is 3. The Kier molecular flexibility index (Phi) is 3.22. The molecule has 0 bridgehead atoms. The summed E-state index contributed by atoms with van der Waals surface area (Å²) in [7, 11) is 0. The summed E-state index contributed by atoms with van der Waals surface area (Å²) in [6.45, 7) is 0.692. The van der Waals surface area contributed by atoms with Gasteiger partial charge in [-0.2, -0.15) is 0 Å². The molecule has 16 heavy (non-hydrogen) atoms. The van der Waals surface area contributed by atoms with Gasteiger partial charge >= 0.3 is 0 Å². The van der Waals surface area contributed by atoms with Crippen molar-refractivity contribution in [1.82, 2.24) is 0 Å². The summed E-state index contributed by atoms with van der Waals surface area (Å²) in [5.41, 5.74) is 7.24. The highest BCUT2D eigenvalue weighted by Gasteiger charge is 2.08. The van der Waals surface area contributed by atoms with Gasteiger partial charge in [0.1, 0.15) is 4.88 Å². The summed E-state index contributed by atoms with van der Waals surface area (Å²) in [5.74, 6) is -0.384. The van der Waals surface area contributed by atoms with Gasteiger partial charge in [0.2, 0.25) is 0 Å². The standard InChI is InChI=1S/C12H12N2OS/c13-12(15)11-10(6-7-16-11)14-8-9-4-2-1-3-5-9/h1-7,14H,8H2,(H2,13,15). The van der Waals surface area contributed by atoms with E-state index in [9.17, 15) is 4.79 Å². The molecule has 0 fully saturated rings. The molecule has 2 aromatic rings. The van der Waals surface area contributed by atoms with Gasteiger partial charge < -0.3 is 11.1 Å². The second-order valence-corrected chi connectivity index (χ2v) is 4.28. The second kappa shape index (κ2) is 4.81. The molecule has 0 atom stereocenters. The van der Waals surface area contributed by atoms with Gasteiger partial charge in [0, 0.05) is 6.54 Å². The van der Waals surface area contributed by atoms with Crippen LogP contribution in [0.5, 0.6) is 0 Å². The molecule has 4 heteroatoms. The first-order valence-corrected chi connectivity index (χ1v) is 5.80. The smallest absolute Gasteiger partial charge is 0.260 e. The molecule has 0 aliphatic carbocycles. The molecule has 2 rings (SSSR count). The van der Waals surface area contributed by atoms with Crippen LogP contribution >= 0.6 is 11.3 Å². The molecular formula is C12H12N2OS. The molecule has 3 N–H and O–H groups in total. The van der Waals surface area contributed by atoms with Crippen LogP contribution in [0.4, 0.5) is 5.69 Å². The van der Waals surface area contributed by atoms with Gasteiger partial charge in [0.25, 0.3) is 5.91 Å². The number of carbonyl (C=O) groups is 1. The Morgan fingerprint density at radius 2 is 2.00 bits per heavy atom. The lowest BCUT2D eigenvalue weighted by Gasteiger charge is -2.05. The van der Waals surface area contributed by atoms with Gasteiger partial charge in [-0.15, -0.1) is 11.3 Å². The number of rotatable bonds is 4. The maximum Gasteiger partial charge on any atom is 0.260 e. The molecule has 0 radical (unpaired) electrons. The lowest BCUT2D eigenvalue weighted by atomic mass is 10.2. The molecule has 0 aliphatic heterocycles. The van der Waals surface area contributed by atoms with Gasteiger partial charge in [0.15, 0.2) is 0 Å².